The molecule has 1 aromatic heterocycles. The van der Waals surface area contributed by atoms with Crippen molar-refractivity contribution in [1.82, 2.24) is 9.97 Å². The number of nitrogens with zero attached hydrogens (tertiary/aromatic N) is 4. The first-order valence-electron chi connectivity index (χ1n) is 19.1. The van der Waals surface area contributed by atoms with Crippen molar-refractivity contribution in [2.24, 2.45) is 0 Å². The van der Waals surface area contributed by atoms with Gasteiger partial charge in [-0.1, -0.05) is 164 Å². The maximum absolute atomic E-state index is 9.79. The topological polar surface area (TPSA) is 53.9 Å². The number of aromatic nitrogens is 2. The molecule has 0 saturated heterocycles. The summed E-state index contributed by atoms with van der Waals surface area (Å²) in [5.74, 6) is 0.602. The van der Waals surface area contributed by atoms with Gasteiger partial charge in [0.1, 0.15) is 0 Å². The minimum Gasteiger partial charge on any atom is -0.238 e. The zero-order chi connectivity index (χ0) is 39.0. The van der Waals surface area contributed by atoms with E-state index in [9.17, 15) is 5.26 Å². The Morgan fingerprint density at radius 2 is 0.948 bits per heavy atom. The number of hydrogen-bond acceptors (Lipinski definition) is 3. The van der Waals surface area contributed by atoms with E-state index in [1.165, 1.54) is 16.2 Å². The van der Waals surface area contributed by atoms with Crippen molar-refractivity contribution in [3.05, 3.63) is 211 Å². The highest BCUT2D eigenvalue weighted by Gasteiger charge is 2.19. The van der Waals surface area contributed by atoms with Gasteiger partial charge in [0.2, 0.25) is 0 Å². The molecule has 268 valence electrons. The van der Waals surface area contributed by atoms with E-state index in [2.05, 4.69) is 132 Å². The average Bonchev–Trinajstić information content (AvgIpc) is 3.30. The van der Waals surface area contributed by atoms with Crippen LogP contribution in [0.2, 0.25) is 0 Å². The summed E-state index contributed by atoms with van der Waals surface area (Å²) in [6.07, 6.45) is 0. The molecule has 0 N–H and O–H groups in total. The van der Waals surface area contributed by atoms with E-state index in [4.69, 9.17) is 16.5 Å². The van der Waals surface area contributed by atoms with Gasteiger partial charge in [-0.25, -0.2) is 14.8 Å². The summed E-state index contributed by atoms with van der Waals surface area (Å²) in [4.78, 5) is 14.5. The first kappa shape index (κ1) is 34.3. The van der Waals surface area contributed by atoms with Crippen LogP contribution in [0.5, 0.6) is 0 Å². The maximum atomic E-state index is 9.79. The van der Waals surface area contributed by atoms with Gasteiger partial charge in [0.25, 0.3) is 0 Å². The zero-order valence-corrected chi connectivity index (χ0v) is 31.3. The van der Waals surface area contributed by atoms with Crippen molar-refractivity contribution in [3.8, 4) is 73.2 Å². The molecule has 9 aromatic carbocycles. The van der Waals surface area contributed by atoms with Crippen LogP contribution in [-0.2, 0) is 0 Å². The Bertz CT molecular complexity index is 3290. The Kier molecular flexibility index (Phi) is 8.57. The fourth-order valence-corrected chi connectivity index (χ4v) is 7.95. The first-order valence-corrected chi connectivity index (χ1v) is 19.1. The largest absolute Gasteiger partial charge is 0.238 e. The molecule has 58 heavy (non-hydrogen) atoms. The van der Waals surface area contributed by atoms with Crippen LogP contribution in [0.25, 0.3) is 104 Å². The fourth-order valence-electron chi connectivity index (χ4n) is 7.95. The molecule has 0 saturated carbocycles. The minimum absolute atomic E-state index is 0.602. The van der Waals surface area contributed by atoms with Crippen molar-refractivity contribution in [1.29, 1.82) is 5.26 Å². The maximum Gasteiger partial charge on any atom is 0.194 e. The van der Waals surface area contributed by atoms with Crippen LogP contribution in [-0.4, -0.2) is 9.97 Å². The van der Waals surface area contributed by atoms with Crippen LogP contribution < -0.4 is 0 Å². The van der Waals surface area contributed by atoms with E-state index in [0.29, 0.717) is 17.1 Å². The van der Waals surface area contributed by atoms with E-state index in [-0.39, 0.29) is 0 Å². The quantitative estimate of drug-likeness (QED) is 0.160. The summed E-state index contributed by atoms with van der Waals surface area (Å²) in [5.41, 5.74) is 12.7. The lowest BCUT2D eigenvalue weighted by atomic mass is 9.91. The second-order valence-electron chi connectivity index (χ2n) is 14.4. The third kappa shape index (κ3) is 6.22. The normalized spacial score (nSPS) is 11.1. The van der Waals surface area contributed by atoms with Gasteiger partial charge in [0.05, 0.1) is 29.4 Å². The standard InChI is InChI=1S/C54H32N4/c1-56-51-17-9-8-16-48(51)38-20-24-39(25-21-38)52-50-33-46(43-28-18-35-10-2-4-12-41(35)30-43)32-49(44-29-19-36-11-3-5-13-42(36)31-44)53(50)58-54(57-52)40-26-22-37(23-27-40)47-15-7-6-14-45(47)34-55/h2-33H. The molecule has 0 unspecified atom stereocenters. The summed E-state index contributed by atoms with van der Waals surface area (Å²) in [6.45, 7) is 7.75. The molecule has 0 atom stereocenters. The molecule has 10 aromatic rings. The molecular formula is C54H32N4. The van der Waals surface area contributed by atoms with Crippen molar-refractivity contribution in [3.63, 3.8) is 0 Å². The van der Waals surface area contributed by atoms with Crippen LogP contribution in [0.4, 0.5) is 5.69 Å². The zero-order valence-electron chi connectivity index (χ0n) is 31.3. The van der Waals surface area contributed by atoms with Gasteiger partial charge in [0.15, 0.2) is 11.5 Å². The predicted molar refractivity (Wildman–Crippen MR) is 238 cm³/mol. The molecule has 0 amide bonds. The van der Waals surface area contributed by atoms with Gasteiger partial charge in [0, 0.05) is 22.1 Å². The van der Waals surface area contributed by atoms with Crippen LogP contribution in [0.15, 0.2) is 194 Å². The highest BCUT2D eigenvalue weighted by Crippen LogP contribution is 2.41. The number of nitriles is 1. The van der Waals surface area contributed by atoms with Crippen molar-refractivity contribution in [2.45, 2.75) is 0 Å². The van der Waals surface area contributed by atoms with Crippen LogP contribution in [0.3, 0.4) is 0 Å². The molecule has 0 aliphatic rings. The Morgan fingerprint density at radius 3 is 1.64 bits per heavy atom. The number of hydrogen-bond donors (Lipinski definition) is 0. The van der Waals surface area contributed by atoms with E-state index in [1.807, 2.05) is 72.8 Å². The third-order valence-corrected chi connectivity index (χ3v) is 10.9. The molecule has 1 heterocycles. The Hall–Kier alpha value is -8.18. The lowest BCUT2D eigenvalue weighted by molar-refractivity contribution is 1.23. The Morgan fingerprint density at radius 1 is 0.414 bits per heavy atom. The van der Waals surface area contributed by atoms with Crippen molar-refractivity contribution < 1.29 is 0 Å². The summed E-state index contributed by atoms with van der Waals surface area (Å²) in [7, 11) is 0. The van der Waals surface area contributed by atoms with Gasteiger partial charge in [-0.05, 0) is 90.8 Å². The number of benzene rings is 9. The molecule has 10 rings (SSSR count). The predicted octanol–water partition coefficient (Wildman–Crippen LogP) is 14.4. The molecule has 0 fully saturated rings. The molecule has 0 aliphatic heterocycles. The van der Waals surface area contributed by atoms with E-state index in [1.54, 1.807) is 0 Å². The summed E-state index contributed by atoms with van der Waals surface area (Å²) >= 11 is 0. The van der Waals surface area contributed by atoms with Crippen molar-refractivity contribution >= 4 is 38.1 Å². The molecule has 4 nitrogen and oxygen atoms in total. The van der Waals surface area contributed by atoms with Gasteiger partial charge < -0.3 is 0 Å². The van der Waals surface area contributed by atoms with Crippen LogP contribution >= 0.6 is 0 Å². The molecule has 0 bridgehead atoms. The average molecular weight is 737 g/mol. The molecule has 4 heteroatoms. The van der Waals surface area contributed by atoms with Gasteiger partial charge in [-0.3, -0.25) is 0 Å². The van der Waals surface area contributed by atoms with E-state index >= 15 is 0 Å². The molecule has 0 spiro atoms. The molecular weight excluding hydrogens is 705 g/mol. The van der Waals surface area contributed by atoms with E-state index < -0.39 is 0 Å². The van der Waals surface area contributed by atoms with E-state index in [0.717, 1.165) is 77.6 Å². The lowest BCUT2D eigenvalue weighted by Crippen LogP contribution is -1.98. The van der Waals surface area contributed by atoms with Crippen molar-refractivity contribution in [2.75, 3.05) is 0 Å². The smallest absolute Gasteiger partial charge is 0.194 e. The second-order valence-corrected chi connectivity index (χ2v) is 14.4. The summed E-state index contributed by atoms with van der Waals surface area (Å²) in [6, 6.07) is 68.8. The second kappa shape index (κ2) is 14.5. The SMILES string of the molecule is [C-]#[N+]c1ccccc1-c1ccc(-c2nc(-c3ccc(-c4ccccc4C#N)cc3)nc3c(-c4ccc5ccccc5c4)cc(-c4ccc5ccccc5c4)cc23)cc1. The summed E-state index contributed by atoms with van der Waals surface area (Å²) < 4.78 is 0. The molecule has 0 radical (unpaired) electrons. The fraction of sp³-hybridized carbons (Fsp3) is 0. The lowest BCUT2D eigenvalue weighted by Gasteiger charge is -2.16. The summed E-state index contributed by atoms with van der Waals surface area (Å²) in [5, 5.41) is 15.4. The highest BCUT2D eigenvalue weighted by molar-refractivity contribution is 6.06. The minimum atomic E-state index is 0.602. The molecule has 0 aliphatic carbocycles. The first-order chi connectivity index (χ1) is 28.6. The van der Waals surface area contributed by atoms with Gasteiger partial charge in [-0.2, -0.15) is 5.26 Å². The Balaban J connectivity index is 1.22. The monoisotopic (exact) mass is 736 g/mol. The van der Waals surface area contributed by atoms with Crippen LogP contribution in [0, 0.1) is 17.9 Å². The number of rotatable bonds is 6. The third-order valence-electron chi connectivity index (χ3n) is 10.9. The number of para-hydroxylation sites is 1. The van der Waals surface area contributed by atoms with Gasteiger partial charge in [-0.15, -0.1) is 0 Å². The highest BCUT2D eigenvalue weighted by atomic mass is 14.9. The van der Waals surface area contributed by atoms with Gasteiger partial charge >= 0.3 is 0 Å². The van der Waals surface area contributed by atoms with Crippen LogP contribution in [0.1, 0.15) is 5.56 Å². The number of fused-ring (bicyclic) bond motifs is 3. The Labute approximate surface area is 336 Å².